The van der Waals surface area contributed by atoms with Crippen LogP contribution in [0.2, 0.25) is 25.7 Å². The van der Waals surface area contributed by atoms with Crippen molar-refractivity contribution in [1.29, 1.82) is 0 Å². The minimum atomic E-state index is -1.27. The smallest absolute Gasteiger partial charge is 0.260 e. The van der Waals surface area contributed by atoms with Crippen LogP contribution in [0, 0.1) is 12.3 Å². The second-order valence-corrected chi connectivity index (χ2v) is 14.2. The maximum Gasteiger partial charge on any atom is 0.260 e. The molecule has 2 amide bonds. The van der Waals surface area contributed by atoms with Crippen molar-refractivity contribution in [2.24, 2.45) is 0 Å². The second-order valence-electron chi connectivity index (χ2n) is 8.57. The van der Waals surface area contributed by atoms with Crippen molar-refractivity contribution in [2.45, 2.75) is 38.1 Å². The van der Waals surface area contributed by atoms with Crippen LogP contribution in [0.25, 0.3) is 0 Å². The summed E-state index contributed by atoms with van der Waals surface area (Å²) in [7, 11) is 1.74. The Bertz CT molecular complexity index is 929. The molecule has 0 N–H and O–H groups in total. The van der Waals surface area contributed by atoms with Gasteiger partial charge in [0.05, 0.1) is 25.5 Å². The first-order valence-corrected chi connectivity index (χ1v) is 13.6. The molecule has 1 aromatic rings. The number of hydrogen-bond donors (Lipinski definition) is 0. The highest BCUT2D eigenvalue weighted by Gasteiger charge is 2.42. The maximum atomic E-state index is 13.4. The van der Waals surface area contributed by atoms with Gasteiger partial charge in [-0.1, -0.05) is 25.6 Å². The minimum Gasteiger partial charge on any atom is -0.493 e. The Balaban J connectivity index is 2.01. The molecule has 0 saturated carbocycles. The lowest BCUT2D eigenvalue weighted by atomic mass is 10.1. The van der Waals surface area contributed by atoms with E-state index in [1.807, 2.05) is 0 Å². The quantitative estimate of drug-likeness (QED) is 0.379. The molecule has 0 fully saturated rings. The second kappa shape index (κ2) is 8.54. The highest BCUT2D eigenvalue weighted by atomic mass is 28.3. The zero-order valence-corrected chi connectivity index (χ0v) is 19.2. The van der Waals surface area contributed by atoms with Crippen LogP contribution in [0.15, 0.2) is 23.9 Å². The molecular weight excluding hydrogens is 400 g/mol. The number of rotatable bonds is 7. The van der Waals surface area contributed by atoms with Crippen LogP contribution in [0.3, 0.4) is 0 Å². The molecule has 0 aliphatic carbocycles. The average Bonchev–Trinajstić information content (AvgIpc) is 3.13. The largest absolute Gasteiger partial charge is 0.493 e. The standard InChI is InChI=1S/C22H28N2O5Si/c1-7-15-10-18-22(26)24(14-29-8-9-30(4,5)6)17-12-20(28-3)19(27-2)11-16(17)21(25)23(18)13-15/h1,11-13,18H,8-10,14H2,2-6H3/t18-/m1/s1. The van der Waals surface area contributed by atoms with Gasteiger partial charge >= 0.3 is 0 Å². The zero-order chi connectivity index (χ0) is 22.1. The molecule has 2 aliphatic rings. The number of carbonyl (C=O) groups excluding carboxylic acids is 2. The predicted molar refractivity (Wildman–Crippen MR) is 117 cm³/mol. The number of ether oxygens (including phenoxy) is 3. The molecule has 3 rings (SSSR count). The summed E-state index contributed by atoms with van der Waals surface area (Å²) in [6, 6.07) is 3.54. The molecule has 7 nitrogen and oxygen atoms in total. The summed E-state index contributed by atoms with van der Waals surface area (Å²) in [5.74, 6) is 2.86. The number of anilines is 1. The van der Waals surface area contributed by atoms with Gasteiger partial charge < -0.3 is 19.1 Å². The van der Waals surface area contributed by atoms with Gasteiger partial charge in [-0.15, -0.1) is 6.42 Å². The predicted octanol–water partition coefficient (Wildman–Crippen LogP) is 3.09. The Hall–Kier alpha value is -2.76. The lowest BCUT2D eigenvalue weighted by Gasteiger charge is -2.26. The Labute approximate surface area is 178 Å². The van der Waals surface area contributed by atoms with E-state index in [0.717, 1.165) is 6.04 Å². The van der Waals surface area contributed by atoms with Crippen molar-refractivity contribution in [3.63, 3.8) is 0 Å². The summed E-state index contributed by atoms with van der Waals surface area (Å²) in [4.78, 5) is 29.7. The van der Waals surface area contributed by atoms with Gasteiger partial charge in [0.15, 0.2) is 11.5 Å². The SMILES string of the molecule is C#CC1=CN2C(=O)c3cc(OC)c(OC)cc3N(COCC[Si](C)(C)C)C(=O)[C@H]2C1. The Kier molecular flexibility index (Phi) is 6.24. The Morgan fingerprint density at radius 3 is 2.43 bits per heavy atom. The summed E-state index contributed by atoms with van der Waals surface area (Å²) >= 11 is 0. The van der Waals surface area contributed by atoms with Gasteiger partial charge in [-0.05, 0) is 12.1 Å². The third-order valence-electron chi connectivity index (χ3n) is 5.25. The number of methoxy groups -OCH3 is 2. The van der Waals surface area contributed by atoms with E-state index in [-0.39, 0.29) is 18.5 Å². The average molecular weight is 429 g/mol. The number of fused-ring (bicyclic) bond motifs is 2. The number of benzene rings is 1. The number of hydrogen-bond acceptors (Lipinski definition) is 5. The van der Waals surface area contributed by atoms with Crippen LogP contribution < -0.4 is 14.4 Å². The summed E-state index contributed by atoms with van der Waals surface area (Å²) in [5, 5.41) is 0. The van der Waals surface area contributed by atoms with Crippen molar-refractivity contribution in [3.8, 4) is 23.8 Å². The van der Waals surface area contributed by atoms with Gasteiger partial charge in [-0.2, -0.15) is 0 Å². The van der Waals surface area contributed by atoms with Crippen molar-refractivity contribution >= 4 is 25.6 Å². The van der Waals surface area contributed by atoms with E-state index in [2.05, 4.69) is 25.6 Å². The fourth-order valence-electron chi connectivity index (χ4n) is 3.49. The van der Waals surface area contributed by atoms with Gasteiger partial charge in [-0.3, -0.25) is 14.5 Å². The molecule has 1 atom stereocenters. The first-order chi connectivity index (χ1) is 14.2. The summed E-state index contributed by atoms with van der Waals surface area (Å²) in [6.07, 6.45) is 7.43. The highest BCUT2D eigenvalue weighted by molar-refractivity contribution is 6.76. The van der Waals surface area contributed by atoms with Crippen molar-refractivity contribution in [3.05, 3.63) is 29.5 Å². The molecule has 8 heteroatoms. The fraction of sp³-hybridized carbons (Fsp3) is 0.455. The van der Waals surface area contributed by atoms with Gasteiger partial charge in [-0.25, -0.2) is 0 Å². The molecule has 0 radical (unpaired) electrons. The molecule has 0 saturated heterocycles. The number of terminal acetylenes is 1. The lowest BCUT2D eigenvalue weighted by molar-refractivity contribution is -0.123. The van der Waals surface area contributed by atoms with Gasteiger partial charge in [0, 0.05) is 38.9 Å². The molecule has 0 spiro atoms. The molecule has 0 unspecified atom stereocenters. The minimum absolute atomic E-state index is 0.0504. The van der Waals surface area contributed by atoms with Crippen LogP contribution in [0.4, 0.5) is 5.69 Å². The topological polar surface area (TPSA) is 68.3 Å². The number of amides is 2. The van der Waals surface area contributed by atoms with E-state index >= 15 is 0 Å². The molecule has 0 bridgehead atoms. The summed E-state index contributed by atoms with van der Waals surface area (Å²) in [6.45, 7) is 7.40. The van der Waals surface area contributed by atoms with Crippen LogP contribution in [0.5, 0.6) is 11.5 Å². The van der Waals surface area contributed by atoms with Crippen LogP contribution in [0.1, 0.15) is 16.8 Å². The van der Waals surface area contributed by atoms with Crippen LogP contribution in [-0.4, -0.2) is 58.4 Å². The molecule has 2 heterocycles. The summed E-state index contributed by atoms with van der Waals surface area (Å²) in [5.41, 5.74) is 1.40. The fourth-order valence-corrected chi connectivity index (χ4v) is 4.24. The number of carbonyl (C=O) groups is 2. The Morgan fingerprint density at radius 1 is 1.17 bits per heavy atom. The third-order valence-corrected chi connectivity index (χ3v) is 6.96. The highest BCUT2D eigenvalue weighted by Crippen LogP contribution is 2.40. The molecule has 2 aliphatic heterocycles. The summed E-state index contributed by atoms with van der Waals surface area (Å²) < 4.78 is 16.6. The van der Waals surface area contributed by atoms with E-state index in [4.69, 9.17) is 20.6 Å². The Morgan fingerprint density at radius 2 is 1.83 bits per heavy atom. The molecular formula is C22H28N2O5Si. The van der Waals surface area contributed by atoms with E-state index < -0.39 is 14.1 Å². The van der Waals surface area contributed by atoms with E-state index in [0.29, 0.717) is 41.4 Å². The zero-order valence-electron chi connectivity index (χ0n) is 18.2. The first kappa shape index (κ1) is 21.9. The van der Waals surface area contributed by atoms with E-state index in [9.17, 15) is 9.59 Å². The normalized spacial score (nSPS) is 18.4. The monoisotopic (exact) mass is 428 g/mol. The third kappa shape index (κ3) is 4.22. The van der Waals surface area contributed by atoms with Crippen molar-refractivity contribution < 1.29 is 23.8 Å². The van der Waals surface area contributed by atoms with Crippen LogP contribution in [-0.2, 0) is 9.53 Å². The van der Waals surface area contributed by atoms with E-state index in [1.54, 1.807) is 18.3 Å². The van der Waals surface area contributed by atoms with E-state index in [1.165, 1.54) is 24.0 Å². The van der Waals surface area contributed by atoms with Gasteiger partial charge in [0.1, 0.15) is 12.8 Å². The molecule has 1 aromatic carbocycles. The van der Waals surface area contributed by atoms with Crippen LogP contribution >= 0.6 is 0 Å². The lowest BCUT2D eigenvalue weighted by Crippen LogP contribution is -2.45. The van der Waals surface area contributed by atoms with Crippen molar-refractivity contribution in [1.82, 2.24) is 4.90 Å². The van der Waals surface area contributed by atoms with Crippen molar-refractivity contribution in [2.75, 3.05) is 32.5 Å². The first-order valence-electron chi connectivity index (χ1n) is 9.85. The van der Waals surface area contributed by atoms with Gasteiger partial charge in [0.2, 0.25) is 0 Å². The molecule has 0 aromatic heterocycles. The van der Waals surface area contributed by atoms with Gasteiger partial charge in [0.25, 0.3) is 11.8 Å². The molecule has 30 heavy (non-hydrogen) atoms. The molecule has 160 valence electrons. The maximum absolute atomic E-state index is 13.4. The number of nitrogens with zero attached hydrogens (tertiary/aromatic N) is 2.